The third-order valence-electron chi connectivity index (χ3n) is 6.47. The number of para-hydroxylation sites is 2. The topological polar surface area (TPSA) is 44.8 Å². The normalized spacial score (nSPS) is 14.5. The molecule has 0 radical (unpaired) electrons. The standard InChI is InChI=1S/C22H26O2.C7H6O2.CH4/c1-15(2)17-6-8-18(9-7-17)19-13-16(5-10-20(19)24-4)14-21(23)22(3)11-12-22;1-2-4-7-6(3-1)8-5-9-7;/h5-10,13,15H,11-12,14H2,1-4H3;1-4H,5H2;1H4. The van der Waals surface area contributed by atoms with E-state index in [4.69, 9.17) is 14.2 Å². The first kappa shape index (κ1) is 25.4. The van der Waals surface area contributed by atoms with E-state index in [2.05, 4.69) is 51.1 Å². The Kier molecular flexibility index (Phi) is 8.03. The molecule has 4 heteroatoms. The Morgan fingerprint density at radius 2 is 1.59 bits per heavy atom. The van der Waals surface area contributed by atoms with Crippen LogP contribution < -0.4 is 14.2 Å². The molecule has 1 aliphatic heterocycles. The van der Waals surface area contributed by atoms with Gasteiger partial charge in [-0.3, -0.25) is 4.79 Å². The number of hydrogen-bond acceptors (Lipinski definition) is 4. The molecule has 0 atom stereocenters. The van der Waals surface area contributed by atoms with Gasteiger partial charge in [0.1, 0.15) is 11.5 Å². The van der Waals surface area contributed by atoms with Gasteiger partial charge in [-0.15, -0.1) is 0 Å². The van der Waals surface area contributed by atoms with Crippen molar-refractivity contribution < 1.29 is 19.0 Å². The lowest BCUT2D eigenvalue weighted by Gasteiger charge is -2.13. The van der Waals surface area contributed by atoms with Crippen LogP contribution in [0.2, 0.25) is 0 Å². The van der Waals surface area contributed by atoms with Gasteiger partial charge in [-0.1, -0.05) is 70.7 Å². The molecule has 0 amide bonds. The summed E-state index contributed by atoms with van der Waals surface area (Å²) in [5.41, 5.74) is 4.50. The Hall–Kier alpha value is -3.27. The number of hydrogen-bond donors (Lipinski definition) is 0. The highest BCUT2D eigenvalue weighted by Gasteiger charge is 2.43. The minimum atomic E-state index is -0.0704. The van der Waals surface area contributed by atoms with Gasteiger partial charge >= 0.3 is 0 Å². The van der Waals surface area contributed by atoms with Gasteiger partial charge in [-0.2, -0.15) is 0 Å². The average Bonchev–Trinajstić information content (AvgIpc) is 3.41. The molecule has 2 aliphatic rings. The molecule has 0 bridgehead atoms. The highest BCUT2D eigenvalue weighted by Crippen LogP contribution is 2.46. The van der Waals surface area contributed by atoms with Crippen molar-refractivity contribution in [1.29, 1.82) is 0 Å². The molecule has 1 heterocycles. The third-order valence-corrected chi connectivity index (χ3v) is 6.47. The van der Waals surface area contributed by atoms with Crippen LogP contribution in [0, 0.1) is 5.41 Å². The number of Topliss-reactive ketones (excluding diaryl/α,β-unsaturated/α-hetero) is 1. The zero-order valence-corrected chi connectivity index (χ0v) is 19.9. The quantitative estimate of drug-likeness (QED) is 0.383. The van der Waals surface area contributed by atoms with E-state index in [9.17, 15) is 4.79 Å². The zero-order valence-electron chi connectivity index (χ0n) is 19.9. The Morgan fingerprint density at radius 3 is 2.12 bits per heavy atom. The fourth-order valence-electron chi connectivity index (χ4n) is 3.85. The van der Waals surface area contributed by atoms with E-state index in [1.165, 1.54) is 5.56 Å². The van der Waals surface area contributed by atoms with Crippen molar-refractivity contribution in [2.75, 3.05) is 13.9 Å². The smallest absolute Gasteiger partial charge is 0.231 e. The summed E-state index contributed by atoms with van der Waals surface area (Å²) in [6.07, 6.45) is 2.58. The maximum atomic E-state index is 12.4. The Morgan fingerprint density at radius 1 is 0.971 bits per heavy atom. The highest BCUT2D eigenvalue weighted by atomic mass is 16.7. The molecule has 0 unspecified atom stereocenters. The highest BCUT2D eigenvalue weighted by molar-refractivity contribution is 5.89. The average molecular weight is 461 g/mol. The van der Waals surface area contributed by atoms with E-state index in [0.29, 0.717) is 24.9 Å². The molecular weight excluding hydrogens is 424 g/mol. The zero-order chi connectivity index (χ0) is 23.4. The predicted molar refractivity (Wildman–Crippen MR) is 138 cm³/mol. The molecule has 3 aromatic rings. The molecule has 0 spiro atoms. The molecule has 3 aromatic carbocycles. The second kappa shape index (κ2) is 10.8. The van der Waals surface area contributed by atoms with Gasteiger partial charge in [0, 0.05) is 17.4 Å². The summed E-state index contributed by atoms with van der Waals surface area (Å²) in [6, 6.07) is 22.3. The van der Waals surface area contributed by atoms with E-state index in [1.807, 2.05) is 36.4 Å². The fourth-order valence-corrected chi connectivity index (χ4v) is 3.85. The summed E-state index contributed by atoms with van der Waals surface area (Å²) >= 11 is 0. The monoisotopic (exact) mass is 460 g/mol. The minimum Gasteiger partial charge on any atom is -0.496 e. The second-order valence-corrected chi connectivity index (χ2v) is 9.33. The maximum absolute atomic E-state index is 12.4. The van der Waals surface area contributed by atoms with Crippen molar-refractivity contribution in [3.8, 4) is 28.4 Å². The second-order valence-electron chi connectivity index (χ2n) is 9.33. The first-order valence-corrected chi connectivity index (χ1v) is 11.5. The van der Waals surface area contributed by atoms with Gasteiger partial charge in [0.2, 0.25) is 6.79 Å². The number of benzene rings is 3. The van der Waals surface area contributed by atoms with Crippen LogP contribution in [0.3, 0.4) is 0 Å². The number of ketones is 1. The van der Waals surface area contributed by atoms with Crippen molar-refractivity contribution in [3.63, 3.8) is 0 Å². The summed E-state index contributed by atoms with van der Waals surface area (Å²) in [5, 5.41) is 0. The van der Waals surface area contributed by atoms with Crippen LogP contribution in [0.1, 0.15) is 58.1 Å². The van der Waals surface area contributed by atoms with Gasteiger partial charge in [0.05, 0.1) is 7.11 Å². The Bertz CT molecular complexity index is 1090. The Balaban J connectivity index is 0.000000270. The first-order valence-electron chi connectivity index (χ1n) is 11.5. The molecule has 0 saturated heterocycles. The van der Waals surface area contributed by atoms with Crippen LogP contribution >= 0.6 is 0 Å². The molecule has 4 nitrogen and oxygen atoms in total. The number of rotatable bonds is 6. The molecule has 0 N–H and O–H groups in total. The third kappa shape index (κ3) is 5.80. The minimum absolute atomic E-state index is 0. The maximum Gasteiger partial charge on any atom is 0.231 e. The molecule has 34 heavy (non-hydrogen) atoms. The summed E-state index contributed by atoms with van der Waals surface area (Å²) in [4.78, 5) is 12.4. The number of fused-ring (bicyclic) bond motifs is 1. The van der Waals surface area contributed by atoms with E-state index in [-0.39, 0.29) is 12.8 Å². The fraction of sp³-hybridized carbons (Fsp3) is 0.367. The molecular formula is C30H36O4. The summed E-state index contributed by atoms with van der Waals surface area (Å²) < 4.78 is 15.7. The van der Waals surface area contributed by atoms with Gasteiger partial charge in [-0.25, -0.2) is 0 Å². The van der Waals surface area contributed by atoms with Crippen molar-refractivity contribution in [3.05, 3.63) is 77.9 Å². The Labute approximate surface area is 203 Å². The number of methoxy groups -OCH3 is 1. The van der Waals surface area contributed by atoms with Crippen LogP contribution in [0.4, 0.5) is 0 Å². The molecule has 180 valence electrons. The van der Waals surface area contributed by atoms with Crippen LogP contribution in [0.25, 0.3) is 11.1 Å². The number of carbonyl (C=O) groups excluding carboxylic acids is 1. The van der Waals surface area contributed by atoms with Crippen molar-refractivity contribution in [2.45, 2.75) is 53.4 Å². The summed E-state index contributed by atoms with van der Waals surface area (Å²) in [7, 11) is 1.69. The first-order chi connectivity index (χ1) is 15.9. The summed E-state index contributed by atoms with van der Waals surface area (Å²) in [6.45, 7) is 6.82. The molecule has 5 rings (SSSR count). The SMILES string of the molecule is C.COc1ccc(CC(=O)C2(C)CC2)cc1-c1ccc(C(C)C)cc1.c1ccc2c(c1)OCO2. The van der Waals surface area contributed by atoms with Gasteiger partial charge in [-0.05, 0) is 59.7 Å². The lowest BCUT2D eigenvalue weighted by atomic mass is 9.93. The molecule has 1 aliphatic carbocycles. The van der Waals surface area contributed by atoms with Gasteiger partial charge < -0.3 is 14.2 Å². The lowest BCUT2D eigenvalue weighted by Crippen LogP contribution is -2.14. The van der Waals surface area contributed by atoms with Crippen LogP contribution in [0.5, 0.6) is 17.2 Å². The van der Waals surface area contributed by atoms with E-state index >= 15 is 0 Å². The van der Waals surface area contributed by atoms with E-state index in [1.54, 1.807) is 7.11 Å². The van der Waals surface area contributed by atoms with Crippen LogP contribution in [0.15, 0.2) is 66.7 Å². The van der Waals surface area contributed by atoms with Crippen molar-refractivity contribution in [2.24, 2.45) is 5.41 Å². The van der Waals surface area contributed by atoms with Crippen molar-refractivity contribution >= 4 is 5.78 Å². The molecule has 1 fully saturated rings. The largest absolute Gasteiger partial charge is 0.496 e. The molecule has 0 aromatic heterocycles. The van der Waals surface area contributed by atoms with Gasteiger partial charge in [0.25, 0.3) is 0 Å². The summed E-state index contributed by atoms with van der Waals surface area (Å²) in [5.74, 6) is 3.41. The van der Waals surface area contributed by atoms with Crippen LogP contribution in [-0.4, -0.2) is 19.7 Å². The molecule has 1 saturated carbocycles. The van der Waals surface area contributed by atoms with E-state index < -0.39 is 0 Å². The number of ether oxygens (including phenoxy) is 3. The van der Waals surface area contributed by atoms with Gasteiger partial charge in [0.15, 0.2) is 11.5 Å². The lowest BCUT2D eigenvalue weighted by molar-refractivity contribution is -0.122. The number of carbonyl (C=O) groups is 1. The van der Waals surface area contributed by atoms with E-state index in [0.717, 1.165) is 46.8 Å². The predicted octanol–water partition coefficient (Wildman–Crippen LogP) is 7.45. The van der Waals surface area contributed by atoms with Crippen LogP contribution in [-0.2, 0) is 11.2 Å². The van der Waals surface area contributed by atoms with Crippen molar-refractivity contribution in [1.82, 2.24) is 0 Å².